The Balaban J connectivity index is 1.18. The normalized spacial score (nSPS) is 40.1. The molecule has 19 heteroatoms. The second-order valence-corrected chi connectivity index (χ2v) is 14.6. The van der Waals surface area contributed by atoms with Gasteiger partial charge in [-0.05, 0) is 37.5 Å². The van der Waals surface area contributed by atoms with Gasteiger partial charge in [0.15, 0.2) is 0 Å². The summed E-state index contributed by atoms with van der Waals surface area (Å²) < 4.78 is 127. The Morgan fingerprint density at radius 3 is 1.44 bits per heavy atom. The van der Waals surface area contributed by atoms with E-state index >= 15 is 0 Å². The fourth-order valence-corrected chi connectivity index (χ4v) is 9.64. The lowest BCUT2D eigenvalue weighted by Crippen LogP contribution is -2.56. The number of esters is 4. The van der Waals surface area contributed by atoms with E-state index in [2.05, 4.69) is 9.47 Å². The maximum absolute atomic E-state index is 14.7. The first kappa shape index (κ1) is 26.7. The third-order valence-electron chi connectivity index (χ3n) is 8.65. The molecule has 2 aliphatic heterocycles. The van der Waals surface area contributed by atoms with Crippen molar-refractivity contribution >= 4 is 43.9 Å². The molecule has 0 aromatic heterocycles. The van der Waals surface area contributed by atoms with Crippen LogP contribution in [0.1, 0.15) is 38.5 Å². The van der Waals surface area contributed by atoms with E-state index in [9.17, 15) is 53.6 Å². The smallest absolute Gasteiger partial charge is 0.422 e. The molecule has 39 heavy (non-hydrogen) atoms. The van der Waals surface area contributed by atoms with Crippen LogP contribution in [0.2, 0.25) is 0 Å². The predicted molar refractivity (Wildman–Crippen MR) is 109 cm³/mol. The van der Waals surface area contributed by atoms with E-state index in [1.54, 1.807) is 0 Å². The highest BCUT2D eigenvalue weighted by Gasteiger charge is 2.72. The highest BCUT2D eigenvalue weighted by Crippen LogP contribution is 2.62. The van der Waals surface area contributed by atoms with Crippen LogP contribution in [0, 0.1) is 35.5 Å². The summed E-state index contributed by atoms with van der Waals surface area (Å²) in [6.45, 7) is 0. The molecule has 0 aromatic rings. The summed E-state index contributed by atoms with van der Waals surface area (Å²) in [5, 5.41) is -11.6. The Morgan fingerprint density at radius 2 is 1.10 bits per heavy atom. The first-order chi connectivity index (χ1) is 17.8. The zero-order valence-corrected chi connectivity index (χ0v) is 21.1. The van der Waals surface area contributed by atoms with Crippen molar-refractivity contribution in [3.05, 3.63) is 0 Å². The molecule has 6 fully saturated rings. The van der Waals surface area contributed by atoms with Crippen LogP contribution < -0.4 is 4.13 Å². The van der Waals surface area contributed by atoms with Crippen LogP contribution >= 0.6 is 0 Å². The van der Waals surface area contributed by atoms with Gasteiger partial charge in [-0.25, -0.2) is 26.4 Å². The quantitative estimate of drug-likeness (QED) is 0.291. The van der Waals surface area contributed by atoms with Gasteiger partial charge in [0.1, 0.15) is 0 Å². The fourth-order valence-electron chi connectivity index (χ4n) is 7.12. The van der Waals surface area contributed by atoms with Crippen molar-refractivity contribution in [2.24, 2.45) is 35.5 Å². The molecule has 8 atom stereocenters. The number of fused-ring (bicyclic) bond motifs is 2. The van der Waals surface area contributed by atoms with Crippen molar-refractivity contribution in [2.45, 2.75) is 60.6 Å². The highest BCUT2D eigenvalue weighted by atomic mass is 32.3. The molecular formula is C20H19F4NO12S2. The summed E-state index contributed by atoms with van der Waals surface area (Å²) in [6, 6.07) is 0. The Bertz CT molecular complexity index is 1330. The van der Waals surface area contributed by atoms with Gasteiger partial charge >= 0.3 is 54.4 Å². The van der Waals surface area contributed by atoms with Crippen molar-refractivity contribution in [1.29, 1.82) is 0 Å². The molecule has 4 aliphatic carbocycles. The molecule has 0 amide bonds. The lowest BCUT2D eigenvalue weighted by atomic mass is 9.87. The maximum atomic E-state index is 14.7. The molecule has 0 aromatic carbocycles. The Hall–Kier alpha value is -2.54. The van der Waals surface area contributed by atoms with Crippen molar-refractivity contribution in [3.63, 3.8) is 0 Å². The number of ether oxygens (including phenoxy) is 4. The highest BCUT2D eigenvalue weighted by molar-refractivity contribution is 8.06. The van der Waals surface area contributed by atoms with E-state index in [0.29, 0.717) is 12.8 Å². The second-order valence-electron chi connectivity index (χ2n) is 10.9. The number of carbonyl (C=O) groups excluding carboxylic acids is 4. The van der Waals surface area contributed by atoms with Crippen molar-refractivity contribution < 1.29 is 72.5 Å². The van der Waals surface area contributed by atoms with Gasteiger partial charge in [0.25, 0.3) is 11.6 Å². The third kappa shape index (κ3) is 3.44. The zero-order chi connectivity index (χ0) is 28.6. The number of hydrogen-bond acceptors (Lipinski definition) is 12. The van der Waals surface area contributed by atoms with Gasteiger partial charge < -0.3 is 18.9 Å². The molecule has 0 spiro atoms. The number of hydrogen-bond donors (Lipinski definition) is 1. The van der Waals surface area contributed by atoms with Gasteiger partial charge in [0.2, 0.25) is 0 Å². The molecule has 6 rings (SSSR count). The molecule has 13 nitrogen and oxygen atoms in total. The molecule has 4 saturated carbocycles. The third-order valence-corrected chi connectivity index (χ3v) is 12.1. The van der Waals surface area contributed by atoms with Crippen molar-refractivity contribution in [2.75, 3.05) is 0 Å². The van der Waals surface area contributed by atoms with E-state index in [4.69, 9.17) is 9.47 Å². The molecule has 6 aliphatic rings. The number of rotatable bonds is 8. The monoisotopic (exact) mass is 605 g/mol. The summed E-state index contributed by atoms with van der Waals surface area (Å²) in [4.78, 5) is 48.3. The number of sulfonamides is 2. The summed E-state index contributed by atoms with van der Waals surface area (Å²) in [7, 11) is -13.7. The Morgan fingerprint density at radius 1 is 0.744 bits per heavy atom. The standard InChI is InChI=1S/C20H19F4NO12S2/c21-19(22,15(28)36-17-5-7-1-9(11(17)3-7)13(26)34-17)38(30,31)25-39(32,33)20(23,24)16(29)37-18-6-8-2-10(12(18)4-8)14(27)35-18/h7-12,25H,1-6H2. The predicted octanol–water partition coefficient (Wildman–Crippen LogP) is 0.106. The molecule has 2 saturated heterocycles. The van der Waals surface area contributed by atoms with Crippen LogP contribution in [0.4, 0.5) is 17.6 Å². The maximum Gasteiger partial charge on any atom is 0.455 e. The summed E-state index contributed by atoms with van der Waals surface area (Å²) in [6.07, 6.45) is 0.833. The lowest BCUT2D eigenvalue weighted by molar-refractivity contribution is -0.233. The molecule has 4 bridgehead atoms. The average Bonchev–Trinajstić information content (AvgIpc) is 3.58. The molecule has 1 N–H and O–H groups in total. The first-order valence-corrected chi connectivity index (χ1v) is 14.8. The number of halogens is 4. The average molecular weight is 605 g/mol. The van der Waals surface area contributed by atoms with Crippen LogP contribution in [-0.2, 0) is 58.2 Å². The molecular weight excluding hydrogens is 586 g/mol. The van der Waals surface area contributed by atoms with E-state index in [1.165, 1.54) is 0 Å². The summed E-state index contributed by atoms with van der Waals surface area (Å²) in [5.41, 5.74) is 0. The SMILES string of the molecule is O=C1OC2(OC(=O)C(F)(F)S(=O)(=O)NS(=O)(=O)C(F)(F)C(=O)OC34CC5CC(C(=O)O3)C4C5)CC3CC1C2C3. The van der Waals surface area contributed by atoms with Gasteiger partial charge in [-0.1, -0.05) is 4.13 Å². The molecule has 2 heterocycles. The minimum Gasteiger partial charge on any atom is -0.422 e. The number of nitrogens with one attached hydrogen (secondary N) is 1. The van der Waals surface area contributed by atoms with E-state index in [1.807, 2.05) is 0 Å². The van der Waals surface area contributed by atoms with E-state index in [0.717, 1.165) is 0 Å². The van der Waals surface area contributed by atoms with Crippen LogP contribution in [0.25, 0.3) is 0 Å². The fraction of sp³-hybridized carbons (Fsp3) is 0.800. The molecule has 0 radical (unpaired) electrons. The first-order valence-electron chi connectivity index (χ1n) is 11.8. The topological polar surface area (TPSA) is 186 Å². The van der Waals surface area contributed by atoms with E-state index in [-0.39, 0.29) is 41.6 Å². The van der Waals surface area contributed by atoms with Crippen molar-refractivity contribution in [1.82, 2.24) is 4.13 Å². The van der Waals surface area contributed by atoms with Gasteiger partial charge in [0, 0.05) is 12.8 Å². The van der Waals surface area contributed by atoms with Gasteiger partial charge in [0.05, 0.1) is 23.7 Å². The van der Waals surface area contributed by atoms with E-state index < -0.39 is 89.7 Å². The van der Waals surface area contributed by atoms with Crippen LogP contribution in [0.3, 0.4) is 0 Å². The number of alkyl halides is 4. The minimum atomic E-state index is -6.84. The van der Waals surface area contributed by atoms with Crippen LogP contribution in [0.5, 0.6) is 0 Å². The number of carbonyl (C=O) groups is 4. The summed E-state index contributed by atoms with van der Waals surface area (Å²) >= 11 is 0. The zero-order valence-electron chi connectivity index (χ0n) is 19.4. The molecule has 216 valence electrons. The Kier molecular flexibility index (Phi) is 5.19. The van der Waals surface area contributed by atoms with Crippen LogP contribution in [-0.4, -0.2) is 62.8 Å². The van der Waals surface area contributed by atoms with Gasteiger partial charge in [-0.2, -0.15) is 17.6 Å². The van der Waals surface area contributed by atoms with Crippen LogP contribution in [0.15, 0.2) is 0 Å². The lowest BCUT2D eigenvalue weighted by Gasteiger charge is -2.31. The van der Waals surface area contributed by atoms with Crippen molar-refractivity contribution in [3.8, 4) is 0 Å². The molecule has 8 unspecified atom stereocenters. The second kappa shape index (κ2) is 7.59. The van der Waals surface area contributed by atoms with Gasteiger partial charge in [-0.15, -0.1) is 0 Å². The minimum absolute atomic E-state index is 0.0195. The van der Waals surface area contributed by atoms with Gasteiger partial charge in [-0.3, -0.25) is 9.59 Å². The Labute approximate surface area is 216 Å². The largest absolute Gasteiger partial charge is 0.455 e. The summed E-state index contributed by atoms with van der Waals surface area (Å²) in [5.74, 6) is -15.5.